The zero-order chi connectivity index (χ0) is 20.9. The Labute approximate surface area is 175 Å². The van der Waals surface area contributed by atoms with Crippen molar-refractivity contribution in [3.8, 4) is 11.3 Å². The van der Waals surface area contributed by atoms with Crippen LogP contribution < -0.4 is 0 Å². The zero-order valence-electron chi connectivity index (χ0n) is 17.6. The van der Waals surface area contributed by atoms with Crippen molar-refractivity contribution in [1.82, 2.24) is 5.16 Å². The van der Waals surface area contributed by atoms with Crippen LogP contribution in [-0.2, 0) is 35.0 Å². The van der Waals surface area contributed by atoms with E-state index in [2.05, 4.69) is 5.16 Å². The maximum Gasteiger partial charge on any atom is 0.190 e. The predicted octanol–water partition coefficient (Wildman–Crippen LogP) is 3.25. The molecular weight excluding hydrogens is 390 g/mol. The van der Waals surface area contributed by atoms with E-state index in [9.17, 15) is 0 Å². The summed E-state index contributed by atoms with van der Waals surface area (Å²) >= 11 is 0. The van der Waals surface area contributed by atoms with Crippen LogP contribution in [0.15, 0.2) is 40.9 Å². The lowest BCUT2D eigenvalue weighted by Crippen LogP contribution is -2.44. The molecule has 8 nitrogen and oxygen atoms in total. The van der Waals surface area contributed by atoms with Crippen LogP contribution in [-0.4, -0.2) is 54.0 Å². The van der Waals surface area contributed by atoms with Crippen LogP contribution in [0.5, 0.6) is 0 Å². The first-order chi connectivity index (χ1) is 14.3. The monoisotopic (exact) mass is 417 g/mol. The Morgan fingerprint density at radius 3 is 2.53 bits per heavy atom. The van der Waals surface area contributed by atoms with E-state index in [-0.39, 0.29) is 24.9 Å². The van der Waals surface area contributed by atoms with Crippen molar-refractivity contribution >= 4 is 0 Å². The molecule has 0 N–H and O–H groups in total. The van der Waals surface area contributed by atoms with Crippen molar-refractivity contribution in [2.75, 3.05) is 6.61 Å². The molecule has 0 saturated carbocycles. The van der Waals surface area contributed by atoms with Crippen LogP contribution in [0.4, 0.5) is 0 Å². The molecule has 162 valence electrons. The molecule has 0 aliphatic carbocycles. The van der Waals surface area contributed by atoms with E-state index in [1.165, 1.54) is 0 Å². The molecule has 0 spiro atoms. The second-order valence-corrected chi connectivity index (χ2v) is 8.76. The number of ether oxygens (including phenoxy) is 6. The number of fused-ring (bicyclic) bond motifs is 1. The van der Waals surface area contributed by atoms with Gasteiger partial charge in [0, 0.05) is 11.6 Å². The second kappa shape index (κ2) is 7.40. The standard InChI is InChI=1S/C22H27NO7/c1-21(2)25-12-16(27-21)17-18(19-20(26-17)29-22(3,4)28-19)24-11-14-10-15(23-30-14)13-8-6-5-7-9-13/h5-10,16-20H,11-12H2,1-4H3/t16-,17-,18+,19-,20-/m1/s1. The molecule has 30 heavy (non-hydrogen) atoms. The largest absolute Gasteiger partial charge is 0.364 e. The number of benzene rings is 1. The zero-order valence-corrected chi connectivity index (χ0v) is 17.6. The molecule has 8 heteroatoms. The average Bonchev–Trinajstić information content (AvgIpc) is 3.43. The van der Waals surface area contributed by atoms with Crippen LogP contribution in [0.2, 0.25) is 0 Å². The molecule has 5 atom stereocenters. The second-order valence-electron chi connectivity index (χ2n) is 8.76. The Bertz CT molecular complexity index is 881. The van der Waals surface area contributed by atoms with Gasteiger partial charge in [0.2, 0.25) is 0 Å². The van der Waals surface area contributed by atoms with Crippen molar-refractivity contribution in [2.24, 2.45) is 0 Å². The summed E-state index contributed by atoms with van der Waals surface area (Å²) in [4.78, 5) is 0. The van der Waals surface area contributed by atoms with E-state index in [1.54, 1.807) is 0 Å². The Hall–Kier alpha value is -1.81. The molecule has 0 unspecified atom stereocenters. The Morgan fingerprint density at radius 2 is 1.80 bits per heavy atom. The molecule has 0 amide bonds. The van der Waals surface area contributed by atoms with Crippen LogP contribution in [0.25, 0.3) is 11.3 Å². The summed E-state index contributed by atoms with van der Waals surface area (Å²) in [5.41, 5.74) is 1.75. The molecule has 3 aliphatic rings. The maximum atomic E-state index is 6.24. The Balaban J connectivity index is 1.31. The molecule has 1 aromatic carbocycles. The number of hydrogen-bond donors (Lipinski definition) is 0. The molecular formula is C22H27NO7. The highest BCUT2D eigenvalue weighted by molar-refractivity contribution is 5.58. The quantitative estimate of drug-likeness (QED) is 0.733. The van der Waals surface area contributed by atoms with Gasteiger partial charge in [-0.05, 0) is 27.7 Å². The van der Waals surface area contributed by atoms with Gasteiger partial charge in [-0.15, -0.1) is 0 Å². The lowest BCUT2D eigenvalue weighted by atomic mass is 10.1. The molecule has 4 heterocycles. The lowest BCUT2D eigenvalue weighted by Gasteiger charge is -2.28. The van der Waals surface area contributed by atoms with Gasteiger partial charge in [-0.1, -0.05) is 35.5 Å². The first-order valence-corrected chi connectivity index (χ1v) is 10.3. The topological polar surface area (TPSA) is 81.4 Å². The fraction of sp³-hybridized carbons (Fsp3) is 0.591. The molecule has 0 radical (unpaired) electrons. The third-order valence-electron chi connectivity index (χ3n) is 5.47. The van der Waals surface area contributed by atoms with Crippen LogP contribution in [0.3, 0.4) is 0 Å². The van der Waals surface area contributed by atoms with Gasteiger partial charge in [0.25, 0.3) is 0 Å². The minimum atomic E-state index is -0.735. The van der Waals surface area contributed by atoms with E-state index in [4.69, 9.17) is 32.9 Å². The van der Waals surface area contributed by atoms with Gasteiger partial charge >= 0.3 is 0 Å². The van der Waals surface area contributed by atoms with Gasteiger partial charge in [-0.25, -0.2) is 0 Å². The van der Waals surface area contributed by atoms with Gasteiger partial charge < -0.3 is 32.9 Å². The molecule has 3 aliphatic heterocycles. The number of nitrogens with zero attached hydrogens (tertiary/aromatic N) is 1. The normalized spacial score (nSPS) is 34.3. The van der Waals surface area contributed by atoms with Gasteiger partial charge in [-0.3, -0.25) is 0 Å². The summed E-state index contributed by atoms with van der Waals surface area (Å²) in [6, 6.07) is 11.7. The summed E-state index contributed by atoms with van der Waals surface area (Å²) in [7, 11) is 0. The number of aromatic nitrogens is 1. The molecule has 3 fully saturated rings. The van der Waals surface area contributed by atoms with Gasteiger partial charge in [-0.2, -0.15) is 0 Å². The predicted molar refractivity (Wildman–Crippen MR) is 104 cm³/mol. The van der Waals surface area contributed by atoms with Crippen molar-refractivity contribution in [2.45, 2.75) is 76.6 Å². The SMILES string of the molecule is CC1(C)O[C@H]2O[C@H]([C@H]3COC(C)(C)O3)[C@H](OCc3cc(-c4ccccc4)no3)[C@H]2O1. The van der Waals surface area contributed by atoms with E-state index in [1.807, 2.05) is 64.1 Å². The van der Waals surface area contributed by atoms with E-state index in [0.29, 0.717) is 12.4 Å². The molecule has 5 rings (SSSR count). The number of rotatable bonds is 5. The Kier molecular flexibility index (Phi) is 4.96. The molecule has 2 aromatic rings. The Morgan fingerprint density at radius 1 is 1.00 bits per heavy atom. The number of hydrogen-bond acceptors (Lipinski definition) is 8. The minimum Gasteiger partial charge on any atom is -0.364 e. The summed E-state index contributed by atoms with van der Waals surface area (Å²) in [6.45, 7) is 8.14. The average molecular weight is 417 g/mol. The first kappa shape index (κ1) is 20.1. The third-order valence-corrected chi connectivity index (χ3v) is 5.47. The smallest absolute Gasteiger partial charge is 0.190 e. The summed E-state index contributed by atoms with van der Waals surface area (Å²) < 4.78 is 41.6. The van der Waals surface area contributed by atoms with Gasteiger partial charge in [0.1, 0.15) is 36.7 Å². The van der Waals surface area contributed by atoms with Crippen molar-refractivity contribution in [3.05, 3.63) is 42.2 Å². The summed E-state index contributed by atoms with van der Waals surface area (Å²) in [5.74, 6) is -0.772. The fourth-order valence-corrected chi connectivity index (χ4v) is 4.17. The van der Waals surface area contributed by atoms with Crippen molar-refractivity contribution < 1.29 is 32.9 Å². The highest BCUT2D eigenvalue weighted by Gasteiger charge is 2.59. The van der Waals surface area contributed by atoms with Gasteiger partial charge in [0.05, 0.1) is 6.61 Å². The van der Waals surface area contributed by atoms with Crippen LogP contribution in [0.1, 0.15) is 33.5 Å². The van der Waals surface area contributed by atoms with E-state index >= 15 is 0 Å². The minimum absolute atomic E-state index is 0.230. The lowest BCUT2D eigenvalue weighted by molar-refractivity contribution is -0.237. The van der Waals surface area contributed by atoms with Gasteiger partial charge in [0.15, 0.2) is 23.6 Å². The third kappa shape index (κ3) is 3.91. The van der Waals surface area contributed by atoms with Crippen molar-refractivity contribution in [3.63, 3.8) is 0 Å². The highest BCUT2D eigenvalue weighted by Crippen LogP contribution is 2.42. The maximum absolute atomic E-state index is 6.24. The molecule has 3 saturated heterocycles. The first-order valence-electron chi connectivity index (χ1n) is 10.3. The summed E-state index contributed by atoms with van der Waals surface area (Å²) in [5, 5.41) is 4.15. The van der Waals surface area contributed by atoms with Crippen molar-refractivity contribution in [1.29, 1.82) is 0 Å². The van der Waals surface area contributed by atoms with Crippen LogP contribution >= 0.6 is 0 Å². The highest BCUT2D eigenvalue weighted by atomic mass is 16.8. The van der Waals surface area contributed by atoms with E-state index < -0.39 is 24.0 Å². The van der Waals surface area contributed by atoms with Crippen LogP contribution in [0, 0.1) is 0 Å². The van der Waals surface area contributed by atoms with E-state index in [0.717, 1.165) is 11.3 Å². The molecule has 1 aromatic heterocycles. The fourth-order valence-electron chi connectivity index (χ4n) is 4.17. The summed E-state index contributed by atoms with van der Waals surface area (Å²) in [6.07, 6.45) is -1.94. The molecule has 0 bridgehead atoms.